The van der Waals surface area contributed by atoms with Crippen LogP contribution in [0.15, 0.2) is 63.4 Å². The van der Waals surface area contributed by atoms with E-state index in [1.54, 1.807) is 16.8 Å². The molecule has 10 heteroatoms. The molecular formula is C23H22BrClN4O3S. The second-order valence-electron chi connectivity index (χ2n) is 7.46. The van der Waals surface area contributed by atoms with E-state index < -0.39 is 12.0 Å². The molecule has 1 unspecified atom stereocenters. The van der Waals surface area contributed by atoms with Crippen molar-refractivity contribution in [3.63, 3.8) is 0 Å². The maximum absolute atomic E-state index is 13.0. The number of anilines is 1. The average molecular weight is 550 g/mol. The molecule has 33 heavy (non-hydrogen) atoms. The number of phenolic OH excluding ortho intramolecular Hbond substituents is 1. The van der Waals surface area contributed by atoms with Crippen molar-refractivity contribution >= 4 is 51.2 Å². The van der Waals surface area contributed by atoms with Crippen LogP contribution in [0.4, 0.5) is 5.95 Å². The number of carbonyl (C=O) groups is 1. The van der Waals surface area contributed by atoms with E-state index >= 15 is 0 Å². The Labute approximate surface area is 209 Å². The predicted molar refractivity (Wildman–Crippen MR) is 133 cm³/mol. The molecule has 1 aliphatic rings. The molecule has 0 radical (unpaired) electrons. The molecule has 1 aliphatic heterocycles. The maximum atomic E-state index is 13.0. The smallest absolute Gasteiger partial charge is 0.338 e. The van der Waals surface area contributed by atoms with Crippen LogP contribution in [0.25, 0.3) is 0 Å². The number of esters is 1. The Morgan fingerprint density at radius 1 is 1.33 bits per heavy atom. The molecular weight excluding hydrogens is 528 g/mol. The molecule has 1 aromatic heterocycles. The summed E-state index contributed by atoms with van der Waals surface area (Å²) in [6, 6.07) is 12.2. The Kier molecular flexibility index (Phi) is 7.31. The molecule has 2 N–H and O–H groups in total. The topological polar surface area (TPSA) is 89.3 Å². The van der Waals surface area contributed by atoms with Crippen molar-refractivity contribution in [2.24, 2.45) is 0 Å². The highest BCUT2D eigenvalue weighted by molar-refractivity contribution is 9.10. The highest BCUT2D eigenvalue weighted by Crippen LogP contribution is 2.39. The zero-order valence-corrected chi connectivity index (χ0v) is 21.2. The van der Waals surface area contributed by atoms with Crippen LogP contribution in [-0.4, -0.2) is 32.4 Å². The lowest BCUT2D eigenvalue weighted by Gasteiger charge is -2.28. The Bertz CT molecular complexity index is 1230. The van der Waals surface area contributed by atoms with E-state index in [0.29, 0.717) is 56.2 Å². The third kappa shape index (κ3) is 5.05. The molecule has 7 nitrogen and oxygen atoms in total. The van der Waals surface area contributed by atoms with E-state index in [2.05, 4.69) is 31.3 Å². The Morgan fingerprint density at radius 2 is 2.12 bits per heavy atom. The summed E-state index contributed by atoms with van der Waals surface area (Å²) in [6.45, 7) is 4.07. The van der Waals surface area contributed by atoms with Crippen LogP contribution >= 0.6 is 39.3 Å². The first kappa shape index (κ1) is 23.7. The minimum Gasteiger partial charge on any atom is -0.507 e. The van der Waals surface area contributed by atoms with Gasteiger partial charge in [0.25, 0.3) is 0 Å². The zero-order valence-electron chi connectivity index (χ0n) is 18.0. The van der Waals surface area contributed by atoms with Crippen molar-refractivity contribution < 1.29 is 14.6 Å². The van der Waals surface area contributed by atoms with E-state index in [4.69, 9.17) is 16.3 Å². The summed E-state index contributed by atoms with van der Waals surface area (Å²) >= 11 is 11.0. The number of phenols is 1. The Morgan fingerprint density at radius 3 is 2.85 bits per heavy atom. The number of ether oxygens (including phenoxy) is 1. The summed E-state index contributed by atoms with van der Waals surface area (Å²) < 4.78 is 7.68. The third-order valence-electron chi connectivity index (χ3n) is 5.09. The van der Waals surface area contributed by atoms with E-state index in [9.17, 15) is 9.90 Å². The van der Waals surface area contributed by atoms with Gasteiger partial charge in [-0.05, 0) is 58.6 Å². The van der Waals surface area contributed by atoms with Crippen molar-refractivity contribution in [3.05, 3.63) is 74.4 Å². The third-order valence-corrected chi connectivity index (χ3v) is 7.02. The van der Waals surface area contributed by atoms with Crippen LogP contribution in [-0.2, 0) is 15.3 Å². The minimum atomic E-state index is -0.605. The van der Waals surface area contributed by atoms with Gasteiger partial charge in [0.1, 0.15) is 11.8 Å². The van der Waals surface area contributed by atoms with Crippen LogP contribution < -0.4 is 5.32 Å². The van der Waals surface area contributed by atoms with Gasteiger partial charge in [0.2, 0.25) is 11.1 Å². The number of nitrogens with zero attached hydrogens (tertiary/aromatic N) is 3. The number of aromatic hydroxyl groups is 1. The Balaban J connectivity index is 1.71. The van der Waals surface area contributed by atoms with Gasteiger partial charge in [-0.2, -0.15) is 4.98 Å². The van der Waals surface area contributed by atoms with Crippen molar-refractivity contribution in [1.29, 1.82) is 0 Å². The number of nitrogens with one attached hydrogen (secondary N) is 1. The summed E-state index contributed by atoms with van der Waals surface area (Å²) in [4.78, 5) is 17.6. The second kappa shape index (κ2) is 10.2. The SMILES string of the molecule is CCCOC(=O)C1=C(C)Nc2nc(SCc3ccccc3Cl)nn2C1c1ccc(Br)c(O)c1. The van der Waals surface area contributed by atoms with E-state index in [1.165, 1.54) is 11.8 Å². The molecule has 0 saturated heterocycles. The van der Waals surface area contributed by atoms with Crippen molar-refractivity contribution in [2.45, 2.75) is 37.2 Å². The highest BCUT2D eigenvalue weighted by atomic mass is 79.9. The summed E-state index contributed by atoms with van der Waals surface area (Å²) in [5, 5.41) is 19.4. The molecule has 2 aromatic carbocycles. The first-order valence-electron chi connectivity index (χ1n) is 10.3. The molecule has 1 atom stereocenters. The van der Waals surface area contributed by atoms with Crippen molar-refractivity contribution in [3.8, 4) is 5.75 Å². The number of hydrogen-bond donors (Lipinski definition) is 2. The van der Waals surface area contributed by atoms with Crippen molar-refractivity contribution in [2.75, 3.05) is 11.9 Å². The van der Waals surface area contributed by atoms with E-state index in [0.717, 1.165) is 5.56 Å². The fourth-order valence-electron chi connectivity index (χ4n) is 3.50. The average Bonchev–Trinajstić information content (AvgIpc) is 3.20. The number of rotatable bonds is 7. The summed E-state index contributed by atoms with van der Waals surface area (Å²) in [5.74, 6) is 0.749. The number of thioether (sulfide) groups is 1. The van der Waals surface area contributed by atoms with Gasteiger partial charge in [0, 0.05) is 16.5 Å². The summed E-state index contributed by atoms with van der Waals surface area (Å²) in [7, 11) is 0. The standard InChI is InChI=1S/C23H22BrClN4O3S/c1-3-10-32-21(31)19-13(2)26-22-27-23(33-12-15-6-4-5-7-17(15)25)28-29(22)20(19)14-8-9-16(24)18(30)11-14/h4-9,11,20,30H,3,10,12H2,1-2H3,(H,26,27,28). The van der Waals surface area contributed by atoms with Gasteiger partial charge in [-0.15, -0.1) is 5.10 Å². The Hall–Kier alpha value is -2.49. The monoisotopic (exact) mass is 548 g/mol. The molecule has 0 saturated carbocycles. The fraction of sp³-hybridized carbons (Fsp3) is 0.261. The minimum absolute atomic E-state index is 0.0694. The fourth-order valence-corrected chi connectivity index (χ4v) is 4.86. The highest BCUT2D eigenvalue weighted by Gasteiger charge is 2.35. The molecule has 0 spiro atoms. The molecule has 0 aliphatic carbocycles. The molecule has 3 aromatic rings. The van der Waals surface area contributed by atoms with Gasteiger partial charge >= 0.3 is 5.97 Å². The van der Waals surface area contributed by atoms with Gasteiger partial charge in [-0.3, -0.25) is 0 Å². The van der Waals surface area contributed by atoms with Crippen LogP contribution in [0, 0.1) is 0 Å². The molecule has 2 heterocycles. The number of fused-ring (bicyclic) bond motifs is 1. The molecule has 0 bridgehead atoms. The van der Waals surface area contributed by atoms with Gasteiger partial charge in [0.05, 0.1) is 16.7 Å². The lowest BCUT2D eigenvalue weighted by molar-refractivity contribution is -0.139. The molecule has 0 fully saturated rings. The predicted octanol–water partition coefficient (Wildman–Crippen LogP) is 5.93. The normalized spacial score (nSPS) is 15.2. The van der Waals surface area contributed by atoms with Crippen LogP contribution in [0.3, 0.4) is 0 Å². The lowest BCUT2D eigenvalue weighted by Crippen LogP contribution is -2.29. The number of aromatic nitrogens is 3. The lowest BCUT2D eigenvalue weighted by atomic mass is 9.95. The summed E-state index contributed by atoms with van der Waals surface area (Å²) in [5.41, 5.74) is 2.72. The molecule has 0 amide bonds. The quantitative estimate of drug-likeness (QED) is 0.279. The number of benzene rings is 2. The van der Waals surface area contributed by atoms with E-state index in [-0.39, 0.29) is 5.75 Å². The largest absolute Gasteiger partial charge is 0.507 e. The van der Waals surface area contributed by atoms with Crippen LogP contribution in [0.1, 0.15) is 37.4 Å². The first-order valence-corrected chi connectivity index (χ1v) is 12.5. The molecule has 172 valence electrons. The zero-order chi connectivity index (χ0) is 23.5. The molecule has 4 rings (SSSR count). The van der Waals surface area contributed by atoms with Crippen molar-refractivity contribution in [1.82, 2.24) is 14.8 Å². The van der Waals surface area contributed by atoms with Crippen LogP contribution in [0.5, 0.6) is 5.75 Å². The van der Waals surface area contributed by atoms with Gasteiger partial charge in [0.15, 0.2) is 0 Å². The second-order valence-corrected chi connectivity index (χ2v) is 9.66. The number of allylic oxidation sites excluding steroid dienone is 1. The van der Waals surface area contributed by atoms with Gasteiger partial charge in [-0.25, -0.2) is 9.48 Å². The van der Waals surface area contributed by atoms with Gasteiger partial charge < -0.3 is 15.2 Å². The number of hydrogen-bond acceptors (Lipinski definition) is 7. The van der Waals surface area contributed by atoms with Crippen LogP contribution in [0.2, 0.25) is 5.02 Å². The summed E-state index contributed by atoms with van der Waals surface area (Å²) in [6.07, 6.45) is 0.715. The van der Waals surface area contributed by atoms with Gasteiger partial charge in [-0.1, -0.05) is 54.6 Å². The number of halogens is 2. The maximum Gasteiger partial charge on any atom is 0.338 e. The van der Waals surface area contributed by atoms with E-state index in [1.807, 2.05) is 44.2 Å². The first-order chi connectivity index (χ1) is 15.9. The number of carbonyl (C=O) groups excluding carboxylic acids is 1.